The molecule has 184 valence electrons. The highest BCUT2D eigenvalue weighted by molar-refractivity contribution is 7.89. The molecular formula is C23H27F2N3O5S. The molecule has 2 amide bonds. The highest BCUT2D eigenvalue weighted by Crippen LogP contribution is 2.29. The Morgan fingerprint density at radius 1 is 1.03 bits per heavy atom. The summed E-state index contributed by atoms with van der Waals surface area (Å²) in [6, 6.07) is 11.2. The first-order chi connectivity index (χ1) is 16.1. The summed E-state index contributed by atoms with van der Waals surface area (Å²) in [5, 5.41) is 2.79. The molecule has 0 bridgehead atoms. The number of carbonyl (C=O) groups is 2. The maximum atomic E-state index is 12.9. The van der Waals surface area contributed by atoms with Crippen molar-refractivity contribution in [3.05, 3.63) is 59.7 Å². The van der Waals surface area contributed by atoms with Crippen molar-refractivity contribution >= 4 is 21.8 Å². The standard InChI is InChI=1S/C23H27F2N3O5S/c1-3-20(19-6-4-5-7-21(19)33-23(24)25)26-22(30)17-8-10-18(11-9-17)34(31,32)28-14-12-27(13-15-28)16(2)29/h4-11,20,23H,3,12-15H2,1-2H3,(H,26,30). The van der Waals surface area contributed by atoms with Crippen LogP contribution in [0.25, 0.3) is 0 Å². The minimum atomic E-state index is -3.77. The molecule has 1 atom stereocenters. The fraction of sp³-hybridized carbons (Fsp3) is 0.391. The summed E-state index contributed by atoms with van der Waals surface area (Å²) in [7, 11) is -3.77. The number of hydrogen-bond acceptors (Lipinski definition) is 5. The molecule has 11 heteroatoms. The van der Waals surface area contributed by atoms with Gasteiger partial charge in [0.05, 0.1) is 10.9 Å². The lowest BCUT2D eigenvalue weighted by Crippen LogP contribution is -2.49. The monoisotopic (exact) mass is 495 g/mol. The second kappa shape index (κ2) is 10.9. The van der Waals surface area contributed by atoms with Crippen molar-refractivity contribution in [2.45, 2.75) is 37.8 Å². The number of sulfonamides is 1. The first kappa shape index (κ1) is 25.6. The van der Waals surface area contributed by atoms with Gasteiger partial charge in [-0.1, -0.05) is 25.1 Å². The third kappa shape index (κ3) is 5.89. The summed E-state index contributed by atoms with van der Waals surface area (Å²) in [4.78, 5) is 25.9. The molecule has 0 aliphatic carbocycles. The van der Waals surface area contributed by atoms with E-state index in [4.69, 9.17) is 0 Å². The minimum Gasteiger partial charge on any atom is -0.434 e. The molecule has 8 nitrogen and oxygen atoms in total. The Morgan fingerprint density at radius 3 is 2.21 bits per heavy atom. The fourth-order valence-electron chi connectivity index (χ4n) is 3.78. The van der Waals surface area contributed by atoms with Crippen LogP contribution in [-0.4, -0.2) is 62.2 Å². The van der Waals surface area contributed by atoms with E-state index in [0.717, 1.165) is 0 Å². The van der Waals surface area contributed by atoms with E-state index < -0.39 is 28.6 Å². The fourth-order valence-corrected chi connectivity index (χ4v) is 5.21. The molecule has 2 aromatic carbocycles. The number of hydrogen-bond donors (Lipinski definition) is 1. The SMILES string of the molecule is CCC(NC(=O)c1ccc(S(=O)(=O)N2CCN(C(C)=O)CC2)cc1)c1ccccc1OC(F)F. The molecule has 0 aromatic heterocycles. The minimum absolute atomic E-state index is 0.0176. The molecule has 1 aliphatic heterocycles. The Balaban J connectivity index is 1.71. The van der Waals surface area contributed by atoms with Gasteiger partial charge in [0.25, 0.3) is 5.91 Å². The van der Waals surface area contributed by atoms with Crippen LogP contribution in [0.15, 0.2) is 53.4 Å². The van der Waals surface area contributed by atoms with Gasteiger partial charge in [0.2, 0.25) is 15.9 Å². The maximum absolute atomic E-state index is 12.9. The Kier molecular flexibility index (Phi) is 8.21. The molecule has 0 radical (unpaired) electrons. The molecule has 0 spiro atoms. The van der Waals surface area contributed by atoms with Crippen LogP contribution in [-0.2, 0) is 14.8 Å². The van der Waals surface area contributed by atoms with Gasteiger partial charge < -0.3 is 15.0 Å². The number of para-hydroxylation sites is 1. The zero-order valence-electron chi connectivity index (χ0n) is 18.9. The van der Waals surface area contributed by atoms with Crippen molar-refractivity contribution < 1.29 is 31.5 Å². The molecule has 0 saturated carbocycles. The number of halogens is 2. The molecule has 1 saturated heterocycles. The van der Waals surface area contributed by atoms with E-state index in [1.54, 1.807) is 30.0 Å². The van der Waals surface area contributed by atoms with E-state index in [9.17, 15) is 26.8 Å². The smallest absolute Gasteiger partial charge is 0.387 e. The van der Waals surface area contributed by atoms with Crippen LogP contribution in [0.5, 0.6) is 5.75 Å². The Hall–Kier alpha value is -3.05. The van der Waals surface area contributed by atoms with Crippen molar-refractivity contribution in [2.24, 2.45) is 0 Å². The van der Waals surface area contributed by atoms with Crippen molar-refractivity contribution in [3.63, 3.8) is 0 Å². The molecule has 1 N–H and O–H groups in total. The zero-order chi connectivity index (χ0) is 24.9. The Morgan fingerprint density at radius 2 is 1.65 bits per heavy atom. The van der Waals surface area contributed by atoms with Crippen LogP contribution in [0.4, 0.5) is 8.78 Å². The quantitative estimate of drug-likeness (QED) is 0.608. The van der Waals surface area contributed by atoms with Gasteiger partial charge in [-0.15, -0.1) is 0 Å². The molecule has 1 aliphatic rings. The second-order valence-corrected chi connectivity index (χ2v) is 9.72. The lowest BCUT2D eigenvalue weighted by Gasteiger charge is -2.33. The maximum Gasteiger partial charge on any atom is 0.387 e. The summed E-state index contributed by atoms with van der Waals surface area (Å²) < 4.78 is 57.2. The number of nitrogens with one attached hydrogen (secondary N) is 1. The summed E-state index contributed by atoms with van der Waals surface area (Å²) in [6.07, 6.45) is 0.425. The third-order valence-electron chi connectivity index (χ3n) is 5.66. The number of benzene rings is 2. The van der Waals surface area contributed by atoms with Gasteiger partial charge in [0.15, 0.2) is 0 Å². The lowest BCUT2D eigenvalue weighted by atomic mass is 10.0. The van der Waals surface area contributed by atoms with Crippen LogP contribution in [0.2, 0.25) is 0 Å². The zero-order valence-corrected chi connectivity index (χ0v) is 19.7. The number of alkyl halides is 2. The molecule has 2 aromatic rings. The van der Waals surface area contributed by atoms with Crippen LogP contribution >= 0.6 is 0 Å². The van der Waals surface area contributed by atoms with E-state index in [2.05, 4.69) is 10.1 Å². The number of amides is 2. The van der Waals surface area contributed by atoms with Gasteiger partial charge >= 0.3 is 6.61 Å². The first-order valence-electron chi connectivity index (χ1n) is 10.8. The van der Waals surface area contributed by atoms with Gasteiger partial charge in [-0.25, -0.2) is 8.42 Å². The van der Waals surface area contributed by atoms with E-state index in [1.165, 1.54) is 41.6 Å². The Bertz CT molecular complexity index is 1120. The highest BCUT2D eigenvalue weighted by Gasteiger charge is 2.29. The lowest BCUT2D eigenvalue weighted by molar-refractivity contribution is -0.129. The summed E-state index contributed by atoms with van der Waals surface area (Å²) in [6.45, 7) is 1.29. The van der Waals surface area contributed by atoms with Gasteiger partial charge in [0, 0.05) is 44.2 Å². The third-order valence-corrected chi connectivity index (χ3v) is 7.58. The van der Waals surface area contributed by atoms with E-state index in [0.29, 0.717) is 25.1 Å². The van der Waals surface area contributed by atoms with E-state index in [-0.39, 0.29) is 35.2 Å². The summed E-state index contributed by atoms with van der Waals surface area (Å²) in [5.74, 6) is -0.588. The van der Waals surface area contributed by atoms with Gasteiger partial charge in [-0.2, -0.15) is 13.1 Å². The van der Waals surface area contributed by atoms with E-state index in [1.807, 2.05) is 0 Å². The van der Waals surface area contributed by atoms with Gasteiger partial charge in [-0.3, -0.25) is 9.59 Å². The number of nitrogens with zero attached hydrogens (tertiary/aromatic N) is 2. The number of ether oxygens (including phenoxy) is 1. The predicted octanol–water partition coefficient (Wildman–Crippen LogP) is 3.02. The van der Waals surface area contributed by atoms with Crippen LogP contribution < -0.4 is 10.1 Å². The number of rotatable bonds is 8. The molecule has 3 rings (SSSR count). The Labute approximate surface area is 197 Å². The number of piperazine rings is 1. The average molecular weight is 496 g/mol. The van der Waals surface area contributed by atoms with Crippen molar-refractivity contribution in [1.29, 1.82) is 0 Å². The topological polar surface area (TPSA) is 96.0 Å². The molecule has 1 unspecified atom stereocenters. The first-order valence-corrected chi connectivity index (χ1v) is 12.3. The average Bonchev–Trinajstić information content (AvgIpc) is 2.82. The largest absolute Gasteiger partial charge is 0.434 e. The normalized spacial score (nSPS) is 15.7. The second-order valence-electron chi connectivity index (χ2n) is 7.79. The molecule has 1 heterocycles. The van der Waals surface area contributed by atoms with Crippen molar-refractivity contribution in [3.8, 4) is 5.75 Å². The van der Waals surface area contributed by atoms with Crippen LogP contribution in [0, 0.1) is 0 Å². The molecular weight excluding hydrogens is 468 g/mol. The van der Waals surface area contributed by atoms with E-state index >= 15 is 0 Å². The van der Waals surface area contributed by atoms with Gasteiger partial charge in [-0.05, 0) is 36.8 Å². The van der Waals surface area contributed by atoms with Crippen LogP contribution in [0.1, 0.15) is 42.2 Å². The van der Waals surface area contributed by atoms with Gasteiger partial charge in [0.1, 0.15) is 5.75 Å². The summed E-state index contributed by atoms with van der Waals surface area (Å²) >= 11 is 0. The predicted molar refractivity (Wildman–Crippen MR) is 121 cm³/mol. The highest BCUT2D eigenvalue weighted by atomic mass is 32.2. The van der Waals surface area contributed by atoms with Crippen LogP contribution in [0.3, 0.4) is 0 Å². The van der Waals surface area contributed by atoms with Crippen molar-refractivity contribution in [1.82, 2.24) is 14.5 Å². The number of carbonyl (C=O) groups excluding carboxylic acids is 2. The summed E-state index contributed by atoms with van der Waals surface area (Å²) in [5.41, 5.74) is 0.647. The molecule has 34 heavy (non-hydrogen) atoms. The molecule has 1 fully saturated rings. The van der Waals surface area contributed by atoms with Crippen molar-refractivity contribution in [2.75, 3.05) is 26.2 Å².